The lowest BCUT2D eigenvalue weighted by Gasteiger charge is -2.17. The van der Waals surface area contributed by atoms with Crippen LogP contribution in [0.5, 0.6) is 0 Å². The second-order valence-electron chi connectivity index (χ2n) is 12.3. The van der Waals surface area contributed by atoms with E-state index in [0.717, 1.165) is 60.8 Å². The van der Waals surface area contributed by atoms with Crippen LogP contribution in [-0.2, 0) is 37.0 Å². The smallest absolute Gasteiger partial charge is 0.337 e. The van der Waals surface area contributed by atoms with Crippen LogP contribution in [0.4, 0.5) is 10.7 Å². The zero-order valence-corrected chi connectivity index (χ0v) is 27.9. The number of fused-ring (bicyclic) bond motifs is 1. The lowest BCUT2D eigenvalue weighted by atomic mass is 9.95. The first-order chi connectivity index (χ1) is 22.2. The molecule has 240 valence electrons. The maximum Gasteiger partial charge on any atom is 0.337 e. The van der Waals surface area contributed by atoms with E-state index in [1.807, 2.05) is 60.7 Å². The molecule has 0 spiro atoms. The monoisotopic (exact) mass is 637 g/mol. The van der Waals surface area contributed by atoms with Gasteiger partial charge in [0.2, 0.25) is 0 Å². The Labute approximate surface area is 275 Å². The van der Waals surface area contributed by atoms with E-state index < -0.39 is 0 Å². The van der Waals surface area contributed by atoms with Gasteiger partial charge in [0.15, 0.2) is 0 Å². The van der Waals surface area contributed by atoms with Crippen LogP contribution in [0.3, 0.4) is 0 Å². The Morgan fingerprint density at radius 2 is 1.46 bits per heavy atom. The number of amides is 2. The minimum Gasteiger partial charge on any atom is -0.465 e. The van der Waals surface area contributed by atoms with E-state index in [1.165, 1.54) is 23.3 Å². The van der Waals surface area contributed by atoms with Gasteiger partial charge in [-0.2, -0.15) is 0 Å². The van der Waals surface area contributed by atoms with Crippen molar-refractivity contribution in [2.75, 3.05) is 17.7 Å². The molecule has 0 aliphatic heterocycles. The van der Waals surface area contributed by atoms with Gasteiger partial charge in [-0.15, -0.1) is 11.3 Å². The third kappa shape index (κ3) is 8.30. The Morgan fingerprint density at radius 3 is 2.13 bits per heavy atom. The van der Waals surface area contributed by atoms with Crippen molar-refractivity contribution in [3.8, 4) is 0 Å². The van der Waals surface area contributed by atoms with Crippen LogP contribution in [0.1, 0.15) is 91.8 Å². The Bertz CT molecular complexity index is 1680. The predicted molar refractivity (Wildman–Crippen MR) is 186 cm³/mol. The lowest BCUT2D eigenvalue weighted by Crippen LogP contribution is -2.30. The molecule has 0 unspecified atom stereocenters. The summed E-state index contributed by atoms with van der Waals surface area (Å²) >= 11 is 1.53. The number of hydrogen-bond acceptors (Lipinski definition) is 6. The highest BCUT2D eigenvalue weighted by Gasteiger charge is 2.27. The van der Waals surface area contributed by atoms with E-state index >= 15 is 0 Å². The summed E-state index contributed by atoms with van der Waals surface area (Å²) in [5, 5.41) is 10.3. The summed E-state index contributed by atoms with van der Waals surface area (Å²) in [4.78, 5) is 40.0. The first kappa shape index (κ1) is 33.1. The van der Waals surface area contributed by atoms with E-state index in [-0.39, 0.29) is 17.8 Å². The van der Waals surface area contributed by atoms with Crippen LogP contribution in [0.25, 0.3) is 0 Å². The van der Waals surface area contributed by atoms with Gasteiger partial charge in [-0.1, -0.05) is 50.2 Å². The molecule has 2 amide bonds. The van der Waals surface area contributed by atoms with Crippen molar-refractivity contribution in [3.63, 3.8) is 0 Å². The fourth-order valence-corrected chi connectivity index (χ4v) is 6.85. The maximum absolute atomic E-state index is 13.7. The summed E-state index contributed by atoms with van der Waals surface area (Å²) in [6.45, 7) is 7.22. The molecule has 1 aliphatic rings. The molecule has 1 heterocycles. The van der Waals surface area contributed by atoms with E-state index in [2.05, 4.69) is 36.7 Å². The number of thiophene rings is 1. The lowest BCUT2D eigenvalue weighted by molar-refractivity contribution is 0.0600. The number of anilines is 2. The Balaban J connectivity index is 1.25. The largest absolute Gasteiger partial charge is 0.465 e. The summed E-state index contributed by atoms with van der Waals surface area (Å²) < 4.78 is 4.77. The van der Waals surface area contributed by atoms with Crippen molar-refractivity contribution in [2.24, 2.45) is 5.92 Å². The van der Waals surface area contributed by atoms with Crippen LogP contribution in [0, 0.1) is 5.92 Å². The van der Waals surface area contributed by atoms with Gasteiger partial charge in [0, 0.05) is 28.7 Å². The highest BCUT2D eigenvalue weighted by atomic mass is 32.1. The summed E-state index contributed by atoms with van der Waals surface area (Å²) in [5.41, 5.74) is 6.77. The average molecular weight is 638 g/mol. The quantitative estimate of drug-likeness (QED) is 0.138. The van der Waals surface area contributed by atoms with Crippen molar-refractivity contribution >= 4 is 39.8 Å². The minimum atomic E-state index is -0.341. The predicted octanol–water partition coefficient (Wildman–Crippen LogP) is 7.84. The van der Waals surface area contributed by atoms with Gasteiger partial charge in [-0.05, 0) is 110 Å². The number of ether oxygens (including phenoxy) is 1. The highest BCUT2D eigenvalue weighted by Crippen LogP contribution is 2.39. The van der Waals surface area contributed by atoms with Crippen LogP contribution in [-0.4, -0.2) is 30.9 Å². The average Bonchev–Trinajstić information content (AvgIpc) is 3.44. The molecule has 0 saturated carbocycles. The molecule has 8 heteroatoms. The fourth-order valence-electron chi connectivity index (χ4n) is 5.57. The Morgan fingerprint density at radius 1 is 0.783 bits per heavy atom. The van der Waals surface area contributed by atoms with Crippen molar-refractivity contribution in [1.82, 2.24) is 5.32 Å². The van der Waals surface area contributed by atoms with Crippen molar-refractivity contribution < 1.29 is 19.1 Å². The molecule has 0 bridgehead atoms. The van der Waals surface area contributed by atoms with E-state index in [4.69, 9.17) is 4.74 Å². The molecule has 46 heavy (non-hydrogen) atoms. The first-order valence-corrected chi connectivity index (χ1v) is 16.9. The van der Waals surface area contributed by atoms with Gasteiger partial charge in [-0.25, -0.2) is 4.79 Å². The molecular formula is C38H43N3O4S. The molecule has 0 radical (unpaired) electrons. The van der Waals surface area contributed by atoms with E-state index in [9.17, 15) is 14.4 Å². The molecule has 1 atom stereocenters. The summed E-state index contributed by atoms with van der Waals surface area (Å²) in [5.74, 6) is -0.236. The summed E-state index contributed by atoms with van der Waals surface area (Å²) in [7, 11) is 1.38. The molecule has 4 aromatic rings. The van der Waals surface area contributed by atoms with Crippen molar-refractivity contribution in [3.05, 3.63) is 117 Å². The number of carbonyl (C=O) groups excluding carboxylic acids is 3. The van der Waals surface area contributed by atoms with Crippen molar-refractivity contribution in [2.45, 2.75) is 71.9 Å². The molecule has 3 N–H and O–H groups in total. The number of benzene rings is 3. The normalized spacial score (nSPS) is 13.2. The van der Waals surface area contributed by atoms with E-state index in [1.54, 1.807) is 12.1 Å². The van der Waals surface area contributed by atoms with Gasteiger partial charge in [0.1, 0.15) is 5.00 Å². The number of methoxy groups -OCH3 is 1. The SMILES string of the molecule is COC(=O)c1ccc(CCc2ccc(NC(=O)c3c(NC(=O)c4cccc(CN[C@@H](C)C(C)C)c4)sc4c3CCCC4)cc2)cc1. The Hall–Kier alpha value is -4.27. The zero-order valence-electron chi connectivity index (χ0n) is 27.1. The minimum absolute atomic E-state index is 0.200. The van der Waals surface area contributed by atoms with Crippen molar-refractivity contribution in [1.29, 1.82) is 0 Å². The Kier molecular flexibility index (Phi) is 11.0. The number of rotatable bonds is 12. The molecule has 1 aliphatic carbocycles. The van der Waals surface area contributed by atoms with Gasteiger partial charge in [0.05, 0.1) is 18.2 Å². The topological polar surface area (TPSA) is 96.5 Å². The highest BCUT2D eigenvalue weighted by molar-refractivity contribution is 7.17. The van der Waals surface area contributed by atoms with E-state index in [0.29, 0.717) is 45.9 Å². The molecule has 5 rings (SSSR count). The maximum atomic E-state index is 13.7. The van der Waals surface area contributed by atoms with Crippen LogP contribution in [0.2, 0.25) is 0 Å². The third-order valence-corrected chi connectivity index (χ3v) is 9.94. The van der Waals surface area contributed by atoms with Gasteiger partial charge in [-0.3, -0.25) is 9.59 Å². The number of esters is 1. The van der Waals surface area contributed by atoms with Crippen LogP contribution in [0.15, 0.2) is 72.8 Å². The number of nitrogens with one attached hydrogen (secondary N) is 3. The molecule has 1 aromatic heterocycles. The number of aryl methyl sites for hydroxylation is 3. The molecule has 3 aromatic carbocycles. The van der Waals surface area contributed by atoms with Crippen LogP contribution >= 0.6 is 11.3 Å². The van der Waals surface area contributed by atoms with Gasteiger partial charge < -0.3 is 20.7 Å². The second-order valence-corrected chi connectivity index (χ2v) is 13.4. The number of carbonyl (C=O) groups is 3. The fraction of sp³-hybridized carbons (Fsp3) is 0.342. The number of hydrogen-bond donors (Lipinski definition) is 3. The van der Waals surface area contributed by atoms with Gasteiger partial charge >= 0.3 is 5.97 Å². The first-order valence-electron chi connectivity index (χ1n) is 16.1. The standard InChI is InChI=1S/C38H43N3O4S/c1-24(2)25(3)39-23-28-8-7-9-30(22-28)35(42)41-37-34(32-10-5-6-11-33(32)46-37)36(43)40-31-20-16-27(17-21-31)13-12-26-14-18-29(19-15-26)38(44)45-4/h7-9,14-22,24-25,39H,5-6,10-13,23H2,1-4H3,(H,40,43)(H,41,42)/t25-/m0/s1. The summed E-state index contributed by atoms with van der Waals surface area (Å²) in [6, 6.07) is 23.4. The molecular weight excluding hydrogens is 595 g/mol. The second kappa shape index (κ2) is 15.3. The zero-order chi connectivity index (χ0) is 32.6. The molecule has 7 nitrogen and oxygen atoms in total. The molecule has 0 saturated heterocycles. The van der Waals surface area contributed by atoms with Gasteiger partial charge in [0.25, 0.3) is 11.8 Å². The summed E-state index contributed by atoms with van der Waals surface area (Å²) in [6.07, 6.45) is 5.52. The molecule has 0 fully saturated rings. The van der Waals surface area contributed by atoms with Crippen LogP contribution < -0.4 is 16.0 Å². The third-order valence-electron chi connectivity index (χ3n) is 8.73.